The zero-order chi connectivity index (χ0) is 30.6. The van der Waals surface area contributed by atoms with Crippen LogP contribution in [0.5, 0.6) is 5.75 Å². The number of hydrogen-bond acceptors (Lipinski definition) is 3. The Hall–Kier alpha value is -4.39. The largest absolute Gasteiger partial charge is 0.494 e. The van der Waals surface area contributed by atoms with Crippen molar-refractivity contribution in [1.82, 2.24) is 4.57 Å². The van der Waals surface area contributed by atoms with Gasteiger partial charge in [0, 0.05) is 11.1 Å². The molecule has 0 spiro atoms. The van der Waals surface area contributed by atoms with Crippen LogP contribution in [0.25, 0.3) is 23.1 Å². The molecule has 0 atom stereocenters. The molecule has 1 heterocycles. The molecule has 0 amide bonds. The molecule has 6 nitrogen and oxygen atoms in total. The highest BCUT2D eigenvalue weighted by molar-refractivity contribution is 5.95. The van der Waals surface area contributed by atoms with E-state index in [1.54, 1.807) is 6.07 Å². The maximum atomic E-state index is 13.7. The smallest absolute Gasteiger partial charge is 0.323 e. The predicted octanol–water partition coefficient (Wildman–Crippen LogP) is 7.85. The van der Waals surface area contributed by atoms with E-state index in [2.05, 4.69) is 0 Å². The van der Waals surface area contributed by atoms with Gasteiger partial charge >= 0.3 is 11.9 Å². The van der Waals surface area contributed by atoms with Crippen LogP contribution in [0.3, 0.4) is 0 Å². The number of ether oxygens (including phenoxy) is 1. The first-order valence-corrected chi connectivity index (χ1v) is 14.8. The molecule has 0 bridgehead atoms. The molecular formula is C36H38FNO5. The summed E-state index contributed by atoms with van der Waals surface area (Å²) in [7, 11) is 0. The Kier molecular flexibility index (Phi) is 9.00. The molecule has 0 saturated heterocycles. The Balaban J connectivity index is 1.26. The Morgan fingerprint density at radius 1 is 0.953 bits per heavy atom. The van der Waals surface area contributed by atoms with Crippen LogP contribution in [0.4, 0.5) is 4.39 Å². The van der Waals surface area contributed by atoms with Gasteiger partial charge in [-0.15, -0.1) is 0 Å². The van der Waals surface area contributed by atoms with Crippen LogP contribution >= 0.6 is 0 Å². The van der Waals surface area contributed by atoms with Gasteiger partial charge in [0.1, 0.15) is 18.1 Å². The Morgan fingerprint density at radius 2 is 1.70 bits per heavy atom. The summed E-state index contributed by atoms with van der Waals surface area (Å²) >= 11 is 0. The van der Waals surface area contributed by atoms with E-state index in [0.29, 0.717) is 13.0 Å². The molecule has 5 rings (SSSR count). The number of aliphatic carboxylic acids is 2. The average molecular weight is 584 g/mol. The van der Waals surface area contributed by atoms with E-state index in [9.17, 15) is 24.2 Å². The molecule has 1 saturated carbocycles. The molecule has 43 heavy (non-hydrogen) atoms. The molecule has 4 aromatic rings. The zero-order valence-electron chi connectivity index (χ0n) is 24.7. The van der Waals surface area contributed by atoms with Gasteiger partial charge in [-0.25, -0.2) is 4.39 Å². The molecule has 1 aromatic heterocycles. The van der Waals surface area contributed by atoms with Gasteiger partial charge in [0.25, 0.3) is 0 Å². The highest BCUT2D eigenvalue weighted by atomic mass is 19.1. The second kappa shape index (κ2) is 12.9. The molecule has 1 aliphatic carbocycles. The maximum absolute atomic E-state index is 13.7. The second-order valence-corrected chi connectivity index (χ2v) is 11.8. The minimum absolute atomic E-state index is 0.131. The van der Waals surface area contributed by atoms with E-state index in [0.717, 1.165) is 82.3 Å². The number of rotatable bonds is 14. The lowest BCUT2D eigenvalue weighted by Gasteiger charge is -2.13. The number of carboxylic acids is 2. The van der Waals surface area contributed by atoms with Crippen LogP contribution in [0.1, 0.15) is 65.6 Å². The summed E-state index contributed by atoms with van der Waals surface area (Å²) in [6.45, 7) is 4.18. The molecule has 0 unspecified atom stereocenters. The third-order valence-electron chi connectivity index (χ3n) is 8.66. The number of hydrogen-bond donors (Lipinski definition) is 2. The topological polar surface area (TPSA) is 88.8 Å². The summed E-state index contributed by atoms with van der Waals surface area (Å²) in [6, 6.07) is 19.0. The van der Waals surface area contributed by atoms with E-state index in [1.165, 1.54) is 6.07 Å². The highest BCUT2D eigenvalue weighted by Crippen LogP contribution is 2.52. The zero-order valence-corrected chi connectivity index (χ0v) is 24.7. The summed E-state index contributed by atoms with van der Waals surface area (Å²) in [5.41, 5.74) is 6.18. The lowest BCUT2D eigenvalue weighted by molar-refractivity contribution is -0.139. The molecule has 224 valence electrons. The number of carboxylic acid groups (broad SMARTS) is 2. The number of aromatic nitrogens is 1. The lowest BCUT2D eigenvalue weighted by Crippen LogP contribution is -2.13. The second-order valence-electron chi connectivity index (χ2n) is 11.8. The Labute approximate surface area is 251 Å². The first-order valence-electron chi connectivity index (χ1n) is 14.8. The van der Waals surface area contributed by atoms with Crippen LogP contribution in [-0.4, -0.2) is 33.3 Å². The molecule has 1 fully saturated rings. The van der Waals surface area contributed by atoms with Crippen molar-refractivity contribution in [3.8, 4) is 5.75 Å². The van der Waals surface area contributed by atoms with Crippen LogP contribution in [0, 0.1) is 25.1 Å². The normalized spacial score (nSPS) is 13.9. The highest BCUT2D eigenvalue weighted by Gasteiger charge is 2.45. The summed E-state index contributed by atoms with van der Waals surface area (Å²) in [4.78, 5) is 23.3. The molecular weight excluding hydrogens is 545 g/mol. The third kappa shape index (κ3) is 7.16. The van der Waals surface area contributed by atoms with E-state index in [1.807, 2.05) is 79.1 Å². The number of halogens is 1. The Morgan fingerprint density at radius 3 is 2.40 bits per heavy atom. The number of unbranched alkanes of at least 4 members (excludes halogenated alkanes) is 1. The van der Waals surface area contributed by atoms with Gasteiger partial charge in [0.05, 0.1) is 18.5 Å². The van der Waals surface area contributed by atoms with E-state index < -0.39 is 11.9 Å². The van der Waals surface area contributed by atoms with Gasteiger partial charge in [-0.2, -0.15) is 0 Å². The van der Waals surface area contributed by atoms with Gasteiger partial charge < -0.3 is 19.5 Å². The molecule has 0 radical (unpaired) electrons. The summed E-state index contributed by atoms with van der Waals surface area (Å²) < 4.78 is 21.5. The van der Waals surface area contributed by atoms with Gasteiger partial charge in [-0.1, -0.05) is 54.6 Å². The summed E-state index contributed by atoms with van der Waals surface area (Å²) in [5.74, 6) is -1.09. The van der Waals surface area contributed by atoms with Crippen molar-refractivity contribution >= 4 is 35.0 Å². The van der Waals surface area contributed by atoms with Crippen LogP contribution < -0.4 is 4.74 Å². The number of para-hydroxylation sites is 1. The maximum Gasteiger partial charge on any atom is 0.323 e. The number of benzene rings is 3. The SMILES string of the molecule is Cc1c(F)cccc1CCCCOc1ccc(/C=C/c2cccc3c(CC4(CC(=O)O)CC4)c(C)n(CC(=O)O)c23)cc1. The van der Waals surface area contributed by atoms with Gasteiger partial charge in [0.15, 0.2) is 0 Å². The summed E-state index contributed by atoms with van der Waals surface area (Å²) in [5, 5.41) is 20.1. The van der Waals surface area contributed by atoms with Crippen molar-refractivity contribution in [2.24, 2.45) is 5.41 Å². The van der Waals surface area contributed by atoms with Crippen LogP contribution in [0.2, 0.25) is 0 Å². The fraction of sp³-hybridized carbons (Fsp3) is 0.333. The lowest BCUT2D eigenvalue weighted by atomic mass is 9.91. The van der Waals surface area contributed by atoms with Gasteiger partial charge in [-0.05, 0) is 104 Å². The van der Waals surface area contributed by atoms with Crippen molar-refractivity contribution < 1.29 is 28.9 Å². The first-order chi connectivity index (χ1) is 20.7. The minimum Gasteiger partial charge on any atom is -0.494 e. The molecule has 0 aliphatic heterocycles. The number of aryl methyl sites for hydroxylation is 1. The predicted molar refractivity (Wildman–Crippen MR) is 167 cm³/mol. The van der Waals surface area contributed by atoms with E-state index in [-0.39, 0.29) is 24.2 Å². The Bertz CT molecular complexity index is 1660. The van der Waals surface area contributed by atoms with Crippen molar-refractivity contribution in [3.63, 3.8) is 0 Å². The fourth-order valence-corrected chi connectivity index (χ4v) is 6.00. The average Bonchev–Trinajstić information content (AvgIpc) is 3.68. The standard InChI is InChI=1S/C36H38FNO5/c1-24-27(8-6-11-32(24)37)7-3-4-20-43-29-16-13-26(14-17-29)12-15-28-9-5-10-30-31(21-36(18-19-36)22-33(39)40)25(2)38(35(28)30)23-34(41)42/h5-6,8-17H,3-4,7,18-23H2,1-2H3,(H,39,40)(H,41,42)/b15-12+. The first kappa shape index (κ1) is 30.1. The third-order valence-corrected chi connectivity index (χ3v) is 8.66. The number of fused-ring (bicyclic) bond motifs is 1. The van der Waals surface area contributed by atoms with Crippen molar-refractivity contribution in [3.05, 3.63) is 100.0 Å². The number of nitrogens with zero attached hydrogens (tertiary/aromatic N) is 1. The van der Waals surface area contributed by atoms with Crippen LogP contribution in [0.15, 0.2) is 60.7 Å². The van der Waals surface area contributed by atoms with Gasteiger partial charge in [0.2, 0.25) is 0 Å². The molecule has 7 heteroatoms. The molecule has 3 aromatic carbocycles. The molecule has 1 aliphatic rings. The number of carbonyl (C=O) groups is 2. The van der Waals surface area contributed by atoms with Crippen LogP contribution in [-0.2, 0) is 29.0 Å². The van der Waals surface area contributed by atoms with Crippen molar-refractivity contribution in [2.75, 3.05) is 6.61 Å². The van der Waals surface area contributed by atoms with Crippen molar-refractivity contribution in [1.29, 1.82) is 0 Å². The molecule has 2 N–H and O–H groups in total. The minimum atomic E-state index is -0.920. The van der Waals surface area contributed by atoms with E-state index in [4.69, 9.17) is 4.74 Å². The van der Waals surface area contributed by atoms with E-state index >= 15 is 0 Å². The quantitative estimate of drug-likeness (QED) is 0.117. The fourth-order valence-electron chi connectivity index (χ4n) is 6.00. The summed E-state index contributed by atoms with van der Waals surface area (Å²) in [6.07, 6.45) is 9.12. The van der Waals surface area contributed by atoms with Crippen molar-refractivity contribution in [2.45, 2.75) is 65.3 Å². The monoisotopic (exact) mass is 583 g/mol. The van der Waals surface area contributed by atoms with Gasteiger partial charge in [-0.3, -0.25) is 9.59 Å².